The summed E-state index contributed by atoms with van der Waals surface area (Å²) in [6.45, 7) is 5.91. The number of nitrogens with zero attached hydrogens (tertiary/aromatic N) is 3. The first kappa shape index (κ1) is 14.5. The molecule has 21 heavy (non-hydrogen) atoms. The van der Waals surface area contributed by atoms with E-state index in [0.29, 0.717) is 5.92 Å². The van der Waals surface area contributed by atoms with Crippen molar-refractivity contribution in [2.75, 3.05) is 33.3 Å². The van der Waals surface area contributed by atoms with Gasteiger partial charge in [-0.2, -0.15) is 0 Å². The van der Waals surface area contributed by atoms with Crippen molar-refractivity contribution in [1.82, 2.24) is 14.8 Å². The minimum absolute atomic E-state index is 0.0938. The molecule has 1 aromatic rings. The molecule has 0 N–H and O–H groups in total. The number of pyridine rings is 1. The molecule has 5 heteroatoms. The lowest BCUT2D eigenvalue weighted by atomic mass is 9.94. The molecule has 2 fully saturated rings. The molecule has 0 spiro atoms. The molecule has 1 aromatic heterocycles. The zero-order valence-electron chi connectivity index (χ0n) is 12.8. The third kappa shape index (κ3) is 3.41. The van der Waals surface area contributed by atoms with Crippen LogP contribution in [0.25, 0.3) is 0 Å². The molecule has 0 aromatic carbocycles. The third-order valence-corrected chi connectivity index (χ3v) is 4.43. The molecule has 3 rings (SSSR count). The van der Waals surface area contributed by atoms with Gasteiger partial charge in [-0.3, -0.25) is 14.7 Å². The number of piperidine rings is 1. The van der Waals surface area contributed by atoms with Crippen molar-refractivity contribution >= 4 is 5.91 Å². The van der Waals surface area contributed by atoms with Crippen LogP contribution in [0.1, 0.15) is 17.8 Å². The van der Waals surface area contributed by atoms with Crippen LogP contribution in [-0.4, -0.2) is 60.1 Å². The summed E-state index contributed by atoms with van der Waals surface area (Å²) in [5.41, 5.74) is 2.18. The topological polar surface area (TPSA) is 45.7 Å². The molecule has 5 nitrogen and oxygen atoms in total. The lowest BCUT2D eigenvalue weighted by Gasteiger charge is -2.37. The molecule has 2 atom stereocenters. The van der Waals surface area contributed by atoms with Crippen LogP contribution in [0.5, 0.6) is 0 Å². The molecule has 0 saturated carbocycles. The second-order valence-electron chi connectivity index (χ2n) is 6.18. The van der Waals surface area contributed by atoms with Gasteiger partial charge in [-0.25, -0.2) is 0 Å². The molecule has 114 valence electrons. The van der Waals surface area contributed by atoms with E-state index in [1.165, 1.54) is 0 Å². The van der Waals surface area contributed by atoms with Crippen LogP contribution >= 0.6 is 0 Å². The Morgan fingerprint density at radius 2 is 2.24 bits per heavy atom. The van der Waals surface area contributed by atoms with Crippen LogP contribution < -0.4 is 0 Å². The number of aryl methyl sites for hydroxylation is 1. The Morgan fingerprint density at radius 3 is 3.05 bits per heavy atom. The molecule has 0 radical (unpaired) electrons. The predicted molar refractivity (Wildman–Crippen MR) is 79.7 cm³/mol. The quantitative estimate of drug-likeness (QED) is 0.817. The van der Waals surface area contributed by atoms with Crippen LogP contribution in [-0.2, 0) is 16.1 Å². The fourth-order valence-corrected chi connectivity index (χ4v) is 3.28. The average molecular weight is 289 g/mol. The van der Waals surface area contributed by atoms with Crippen molar-refractivity contribution in [2.24, 2.45) is 5.92 Å². The fourth-order valence-electron chi connectivity index (χ4n) is 3.28. The van der Waals surface area contributed by atoms with Crippen molar-refractivity contribution in [3.8, 4) is 0 Å². The summed E-state index contributed by atoms with van der Waals surface area (Å²) in [5, 5.41) is 0. The number of hydrogen-bond acceptors (Lipinski definition) is 4. The van der Waals surface area contributed by atoms with Gasteiger partial charge in [0, 0.05) is 44.8 Å². The number of ether oxygens (including phenoxy) is 1. The van der Waals surface area contributed by atoms with E-state index in [9.17, 15) is 4.79 Å². The molecular weight excluding hydrogens is 266 g/mol. The van der Waals surface area contributed by atoms with Gasteiger partial charge >= 0.3 is 0 Å². The first-order chi connectivity index (χ1) is 10.1. The average Bonchev–Trinajstić information content (AvgIpc) is 2.59. The smallest absolute Gasteiger partial charge is 0.248 e. The summed E-state index contributed by atoms with van der Waals surface area (Å²) < 4.78 is 5.77. The van der Waals surface area contributed by atoms with E-state index in [1.807, 2.05) is 20.0 Å². The number of amides is 1. The minimum Gasteiger partial charge on any atom is -0.368 e. The molecule has 2 saturated heterocycles. The van der Waals surface area contributed by atoms with Crippen LogP contribution in [0, 0.1) is 12.8 Å². The van der Waals surface area contributed by atoms with Crippen molar-refractivity contribution in [3.63, 3.8) is 0 Å². The molecular formula is C16H23N3O2. The van der Waals surface area contributed by atoms with Gasteiger partial charge in [0.2, 0.25) is 5.91 Å². The van der Waals surface area contributed by atoms with E-state index >= 15 is 0 Å². The Balaban J connectivity index is 1.64. The minimum atomic E-state index is 0.0938. The maximum Gasteiger partial charge on any atom is 0.248 e. The molecule has 0 aliphatic carbocycles. The third-order valence-electron chi connectivity index (χ3n) is 4.43. The van der Waals surface area contributed by atoms with Crippen LogP contribution in [0.3, 0.4) is 0 Å². The summed E-state index contributed by atoms with van der Waals surface area (Å²) in [4.78, 5) is 20.6. The number of carbonyl (C=O) groups excluding carboxylic acids is 1. The number of fused-ring (bicyclic) bond motifs is 1. The van der Waals surface area contributed by atoms with Gasteiger partial charge in [-0.05, 0) is 25.5 Å². The summed E-state index contributed by atoms with van der Waals surface area (Å²) in [6.07, 6.45) is 1.22. The molecule has 3 heterocycles. The van der Waals surface area contributed by atoms with E-state index in [4.69, 9.17) is 4.74 Å². The number of aromatic nitrogens is 1. The number of likely N-dealkylation sites (N-methyl/N-ethyl adjacent to an activating group) is 1. The Hall–Kier alpha value is -1.46. The van der Waals surface area contributed by atoms with Crippen LogP contribution in [0.15, 0.2) is 18.2 Å². The molecule has 0 bridgehead atoms. The first-order valence-corrected chi connectivity index (χ1v) is 7.62. The zero-order chi connectivity index (χ0) is 14.8. The predicted octanol–water partition coefficient (Wildman–Crippen LogP) is 1.07. The highest BCUT2D eigenvalue weighted by Gasteiger charge is 2.34. The van der Waals surface area contributed by atoms with Crippen molar-refractivity contribution in [2.45, 2.75) is 26.0 Å². The van der Waals surface area contributed by atoms with Gasteiger partial charge in [0.05, 0.1) is 11.8 Å². The molecule has 2 aliphatic rings. The van der Waals surface area contributed by atoms with Crippen molar-refractivity contribution in [1.29, 1.82) is 0 Å². The highest BCUT2D eigenvalue weighted by Crippen LogP contribution is 2.24. The van der Waals surface area contributed by atoms with Crippen LogP contribution in [0.2, 0.25) is 0 Å². The van der Waals surface area contributed by atoms with E-state index < -0.39 is 0 Å². The van der Waals surface area contributed by atoms with E-state index in [0.717, 1.165) is 44.0 Å². The Labute approximate surface area is 125 Å². The lowest BCUT2D eigenvalue weighted by molar-refractivity contribution is -0.133. The van der Waals surface area contributed by atoms with Gasteiger partial charge in [0.15, 0.2) is 0 Å². The summed E-state index contributed by atoms with van der Waals surface area (Å²) in [6, 6.07) is 6.17. The number of carbonyl (C=O) groups is 1. The highest BCUT2D eigenvalue weighted by molar-refractivity contribution is 5.77. The summed E-state index contributed by atoms with van der Waals surface area (Å²) in [5.74, 6) is 0.497. The second-order valence-corrected chi connectivity index (χ2v) is 6.18. The lowest BCUT2D eigenvalue weighted by Crippen LogP contribution is -2.46. The molecule has 0 unspecified atom stereocenters. The van der Waals surface area contributed by atoms with Gasteiger partial charge in [-0.1, -0.05) is 6.07 Å². The molecule has 1 amide bonds. The monoisotopic (exact) mass is 289 g/mol. The Bertz CT molecular complexity index is 520. The summed E-state index contributed by atoms with van der Waals surface area (Å²) >= 11 is 0. The van der Waals surface area contributed by atoms with Gasteiger partial charge in [0.25, 0.3) is 0 Å². The maximum atomic E-state index is 11.7. The van der Waals surface area contributed by atoms with Crippen molar-refractivity contribution in [3.05, 3.63) is 29.6 Å². The van der Waals surface area contributed by atoms with Gasteiger partial charge < -0.3 is 9.64 Å². The molecule has 2 aliphatic heterocycles. The Morgan fingerprint density at radius 1 is 1.38 bits per heavy atom. The summed E-state index contributed by atoms with van der Waals surface area (Å²) in [7, 11) is 1.87. The first-order valence-electron chi connectivity index (χ1n) is 7.62. The normalized spacial score (nSPS) is 27.3. The number of hydrogen-bond donors (Lipinski definition) is 0. The van der Waals surface area contributed by atoms with E-state index in [2.05, 4.69) is 22.0 Å². The van der Waals surface area contributed by atoms with Gasteiger partial charge in [-0.15, -0.1) is 0 Å². The van der Waals surface area contributed by atoms with E-state index in [-0.39, 0.29) is 18.6 Å². The van der Waals surface area contributed by atoms with Crippen LogP contribution in [0.4, 0.5) is 0 Å². The largest absolute Gasteiger partial charge is 0.368 e. The Kier molecular flexibility index (Phi) is 4.22. The maximum absolute atomic E-state index is 11.7. The standard InChI is InChI=1S/C16H23N3O2/c1-12-4-3-5-14(17-12)10-19-7-6-15-13(9-19)8-18(2)16(20)11-21-15/h3-5,13,15H,6-11H2,1-2H3/t13-,15-/m0/s1. The number of likely N-dealkylation sites (tertiary alicyclic amines) is 1. The van der Waals surface area contributed by atoms with Crippen molar-refractivity contribution < 1.29 is 9.53 Å². The highest BCUT2D eigenvalue weighted by atomic mass is 16.5. The van der Waals surface area contributed by atoms with E-state index in [1.54, 1.807) is 4.90 Å². The SMILES string of the molecule is Cc1cccc(CN2CC[C@@H]3OCC(=O)N(C)C[C@H]3C2)n1. The zero-order valence-corrected chi connectivity index (χ0v) is 12.8. The van der Waals surface area contributed by atoms with Gasteiger partial charge in [0.1, 0.15) is 6.61 Å². The second kappa shape index (κ2) is 6.12. The fraction of sp³-hybridized carbons (Fsp3) is 0.625. The number of rotatable bonds is 2.